The number of rotatable bonds is 7. The van der Waals surface area contributed by atoms with Crippen LogP contribution in [0.15, 0.2) is 30.3 Å². The molecule has 21 heavy (non-hydrogen) atoms. The Balaban J connectivity index is 2.95. The van der Waals surface area contributed by atoms with Crippen molar-refractivity contribution >= 4 is 11.9 Å². The molecule has 4 heteroatoms. The van der Waals surface area contributed by atoms with Crippen LogP contribution in [0, 0.1) is 0 Å². The zero-order chi connectivity index (χ0) is 16.1. The van der Waals surface area contributed by atoms with Gasteiger partial charge in [0, 0.05) is 12.0 Å². The maximum absolute atomic E-state index is 12.3. The summed E-state index contributed by atoms with van der Waals surface area (Å²) >= 11 is 0. The average molecular weight is 291 g/mol. The molecule has 0 aliphatic carbocycles. The Kier molecular flexibility index (Phi) is 5.53. The summed E-state index contributed by atoms with van der Waals surface area (Å²) in [6.07, 6.45) is 1.55. The number of benzene rings is 1. The first-order valence-electron chi connectivity index (χ1n) is 7.37. The second-order valence-electron chi connectivity index (χ2n) is 6.00. The minimum Gasteiger partial charge on any atom is -0.481 e. The highest BCUT2D eigenvalue weighted by Crippen LogP contribution is 2.28. The zero-order valence-electron chi connectivity index (χ0n) is 13.3. The molecule has 2 N–H and O–H groups in total. The number of carboxylic acids is 1. The molecule has 1 unspecified atom stereocenters. The lowest BCUT2D eigenvalue weighted by Crippen LogP contribution is -2.48. The predicted octanol–water partition coefficient (Wildman–Crippen LogP) is 3.11. The summed E-state index contributed by atoms with van der Waals surface area (Å²) in [7, 11) is 0. The van der Waals surface area contributed by atoms with Gasteiger partial charge in [-0.1, -0.05) is 44.2 Å². The number of hydrogen-bond donors (Lipinski definition) is 2. The van der Waals surface area contributed by atoms with E-state index in [0.717, 1.165) is 12.8 Å². The minimum absolute atomic E-state index is 0.0675. The molecule has 1 atom stereocenters. The van der Waals surface area contributed by atoms with Crippen LogP contribution in [-0.4, -0.2) is 22.5 Å². The molecule has 0 aromatic heterocycles. The summed E-state index contributed by atoms with van der Waals surface area (Å²) in [6, 6.07) is 8.91. The molecular formula is C17H25NO3. The highest BCUT2D eigenvalue weighted by Gasteiger charge is 2.38. The van der Waals surface area contributed by atoms with Crippen molar-refractivity contribution in [2.24, 2.45) is 0 Å². The smallest absolute Gasteiger partial charge is 0.314 e. The van der Waals surface area contributed by atoms with Crippen molar-refractivity contribution in [2.45, 2.75) is 57.9 Å². The summed E-state index contributed by atoms with van der Waals surface area (Å²) in [6.45, 7) is 7.60. The first kappa shape index (κ1) is 17.2. The summed E-state index contributed by atoms with van der Waals surface area (Å²) in [5.41, 5.74) is -0.858. The SMILES string of the molecule is CCC(C)(CC)NC(=O)CC(C)(C(=O)O)c1ccccc1. The number of hydrogen-bond acceptors (Lipinski definition) is 2. The number of carbonyl (C=O) groups excluding carboxylic acids is 1. The molecule has 4 nitrogen and oxygen atoms in total. The second kappa shape index (κ2) is 6.74. The molecule has 1 aromatic rings. The van der Waals surface area contributed by atoms with Crippen molar-refractivity contribution in [1.82, 2.24) is 5.32 Å². The van der Waals surface area contributed by atoms with E-state index in [4.69, 9.17) is 0 Å². The molecule has 0 radical (unpaired) electrons. The van der Waals surface area contributed by atoms with Crippen LogP contribution >= 0.6 is 0 Å². The van der Waals surface area contributed by atoms with E-state index in [9.17, 15) is 14.7 Å². The minimum atomic E-state index is -1.21. The zero-order valence-corrected chi connectivity index (χ0v) is 13.3. The third kappa shape index (κ3) is 4.06. The van der Waals surface area contributed by atoms with E-state index in [1.807, 2.05) is 26.8 Å². The molecule has 1 rings (SSSR count). The lowest BCUT2D eigenvalue weighted by atomic mass is 9.79. The van der Waals surface area contributed by atoms with Crippen molar-refractivity contribution in [3.05, 3.63) is 35.9 Å². The summed E-state index contributed by atoms with van der Waals surface area (Å²) in [5, 5.41) is 12.5. The Labute approximate surface area is 126 Å². The molecule has 1 amide bonds. The van der Waals surface area contributed by atoms with Crippen LogP contribution in [0.2, 0.25) is 0 Å². The van der Waals surface area contributed by atoms with Crippen LogP contribution in [0.3, 0.4) is 0 Å². The van der Waals surface area contributed by atoms with Gasteiger partial charge in [-0.05, 0) is 32.3 Å². The van der Waals surface area contributed by atoms with E-state index >= 15 is 0 Å². The Morgan fingerprint density at radius 2 is 1.62 bits per heavy atom. The number of nitrogens with one attached hydrogen (secondary N) is 1. The van der Waals surface area contributed by atoms with E-state index in [1.54, 1.807) is 31.2 Å². The quantitative estimate of drug-likeness (QED) is 0.811. The summed E-state index contributed by atoms with van der Waals surface area (Å²) < 4.78 is 0. The fraction of sp³-hybridized carbons (Fsp3) is 0.529. The van der Waals surface area contributed by atoms with Gasteiger partial charge in [-0.2, -0.15) is 0 Å². The first-order valence-corrected chi connectivity index (χ1v) is 7.37. The van der Waals surface area contributed by atoms with Crippen molar-refractivity contribution in [3.8, 4) is 0 Å². The second-order valence-corrected chi connectivity index (χ2v) is 6.00. The van der Waals surface area contributed by atoms with Crippen molar-refractivity contribution < 1.29 is 14.7 Å². The molecule has 0 fully saturated rings. The van der Waals surface area contributed by atoms with Gasteiger partial charge in [0.05, 0.1) is 5.41 Å². The fourth-order valence-electron chi connectivity index (χ4n) is 2.24. The normalized spacial score (nSPS) is 14.3. The molecule has 0 heterocycles. The number of carbonyl (C=O) groups is 2. The number of carboxylic acid groups (broad SMARTS) is 1. The molecule has 0 spiro atoms. The Bertz CT molecular complexity index is 494. The Hall–Kier alpha value is -1.84. The van der Waals surface area contributed by atoms with Crippen LogP contribution in [0.4, 0.5) is 0 Å². The Morgan fingerprint density at radius 1 is 1.10 bits per heavy atom. The van der Waals surface area contributed by atoms with Crippen LogP contribution in [0.25, 0.3) is 0 Å². The highest BCUT2D eigenvalue weighted by molar-refractivity contribution is 5.89. The summed E-state index contributed by atoms with van der Waals surface area (Å²) in [5.74, 6) is -1.21. The molecule has 116 valence electrons. The van der Waals surface area contributed by atoms with Gasteiger partial charge in [0.1, 0.15) is 0 Å². The number of aliphatic carboxylic acids is 1. The van der Waals surface area contributed by atoms with E-state index in [0.29, 0.717) is 5.56 Å². The van der Waals surface area contributed by atoms with Crippen molar-refractivity contribution in [2.75, 3.05) is 0 Å². The first-order chi connectivity index (χ1) is 9.77. The van der Waals surface area contributed by atoms with Gasteiger partial charge in [-0.3, -0.25) is 9.59 Å². The van der Waals surface area contributed by atoms with Gasteiger partial charge >= 0.3 is 5.97 Å². The molecule has 0 aliphatic rings. The van der Waals surface area contributed by atoms with Crippen LogP contribution < -0.4 is 5.32 Å². The van der Waals surface area contributed by atoms with Crippen LogP contribution in [0.5, 0.6) is 0 Å². The van der Waals surface area contributed by atoms with Gasteiger partial charge in [-0.25, -0.2) is 0 Å². The third-order valence-corrected chi connectivity index (χ3v) is 4.40. The largest absolute Gasteiger partial charge is 0.481 e. The van der Waals surface area contributed by atoms with E-state index in [2.05, 4.69) is 5.32 Å². The van der Waals surface area contributed by atoms with Gasteiger partial charge in [-0.15, -0.1) is 0 Å². The van der Waals surface area contributed by atoms with Gasteiger partial charge in [0.2, 0.25) is 5.91 Å². The average Bonchev–Trinajstić information content (AvgIpc) is 2.47. The van der Waals surface area contributed by atoms with Gasteiger partial charge in [0.25, 0.3) is 0 Å². The molecule has 0 bridgehead atoms. The van der Waals surface area contributed by atoms with E-state index < -0.39 is 11.4 Å². The summed E-state index contributed by atoms with van der Waals surface area (Å²) in [4.78, 5) is 24.0. The molecule has 0 saturated heterocycles. The third-order valence-electron chi connectivity index (χ3n) is 4.40. The van der Waals surface area contributed by atoms with Crippen LogP contribution in [0.1, 0.15) is 52.5 Å². The van der Waals surface area contributed by atoms with Crippen LogP contribution in [-0.2, 0) is 15.0 Å². The van der Waals surface area contributed by atoms with Gasteiger partial charge in [0.15, 0.2) is 0 Å². The van der Waals surface area contributed by atoms with Crippen molar-refractivity contribution in [3.63, 3.8) is 0 Å². The fourth-order valence-corrected chi connectivity index (χ4v) is 2.24. The molecule has 0 aliphatic heterocycles. The standard InChI is InChI=1S/C17H25NO3/c1-5-16(3,6-2)18-14(19)12-17(4,15(20)21)13-10-8-7-9-11-13/h7-11H,5-6,12H2,1-4H3,(H,18,19)(H,20,21). The molecular weight excluding hydrogens is 266 g/mol. The van der Waals surface area contributed by atoms with E-state index in [1.165, 1.54) is 0 Å². The predicted molar refractivity (Wildman–Crippen MR) is 83.2 cm³/mol. The lowest BCUT2D eigenvalue weighted by molar-refractivity contribution is -0.145. The van der Waals surface area contributed by atoms with Crippen molar-refractivity contribution in [1.29, 1.82) is 0 Å². The topological polar surface area (TPSA) is 66.4 Å². The molecule has 1 aromatic carbocycles. The monoisotopic (exact) mass is 291 g/mol. The Morgan fingerprint density at radius 3 is 2.05 bits per heavy atom. The number of amides is 1. The molecule has 0 saturated carbocycles. The van der Waals surface area contributed by atoms with E-state index in [-0.39, 0.29) is 17.9 Å². The highest BCUT2D eigenvalue weighted by atomic mass is 16.4. The lowest BCUT2D eigenvalue weighted by Gasteiger charge is -2.31. The maximum Gasteiger partial charge on any atom is 0.314 e. The maximum atomic E-state index is 12.3. The van der Waals surface area contributed by atoms with Gasteiger partial charge < -0.3 is 10.4 Å².